The first-order valence-corrected chi connectivity index (χ1v) is 20.5. The summed E-state index contributed by atoms with van der Waals surface area (Å²) in [5, 5.41) is 2.25. The molecule has 2 nitrogen and oxygen atoms in total. The normalized spacial score (nSPS) is 14.6. The number of nitrogens with zero attached hydrogens (tertiary/aromatic N) is 1. The van der Waals surface area contributed by atoms with Crippen molar-refractivity contribution in [2.24, 2.45) is 0 Å². The minimum absolute atomic E-state index is 0.0612. The highest BCUT2D eigenvalue weighted by molar-refractivity contribution is 6.06. The number of hydrogen-bond donors (Lipinski definition) is 0. The predicted octanol–water partition coefficient (Wildman–Crippen LogP) is 15.0. The first kappa shape index (κ1) is 34.6. The maximum atomic E-state index is 6.51. The summed E-state index contributed by atoms with van der Waals surface area (Å²) >= 11 is 0. The molecule has 0 radical (unpaired) electrons. The summed E-state index contributed by atoms with van der Waals surface area (Å²) in [6, 6.07) is 67.4. The van der Waals surface area contributed by atoms with Gasteiger partial charge in [0.15, 0.2) is 0 Å². The van der Waals surface area contributed by atoms with E-state index in [0.717, 1.165) is 39.0 Å². The lowest BCUT2D eigenvalue weighted by Crippen LogP contribution is -2.40. The minimum atomic E-state index is -0.518. The van der Waals surface area contributed by atoms with Gasteiger partial charge >= 0.3 is 0 Å². The molecule has 8 aromatic carbocycles. The van der Waals surface area contributed by atoms with Crippen LogP contribution in [0.15, 0.2) is 186 Å². The third-order valence-electron chi connectivity index (χ3n) is 13.1. The van der Waals surface area contributed by atoms with E-state index < -0.39 is 5.41 Å². The molecular weight excluding hydrogens is 703 g/mol. The van der Waals surface area contributed by atoms with Crippen LogP contribution in [0.2, 0.25) is 0 Å². The van der Waals surface area contributed by atoms with Crippen molar-refractivity contribution < 1.29 is 4.42 Å². The van der Waals surface area contributed by atoms with Crippen molar-refractivity contribution in [1.29, 1.82) is 0 Å². The number of hydrogen-bond acceptors (Lipinski definition) is 2. The van der Waals surface area contributed by atoms with Crippen LogP contribution in [0.25, 0.3) is 44.2 Å². The fourth-order valence-electron chi connectivity index (χ4n) is 10.4. The van der Waals surface area contributed by atoms with Crippen molar-refractivity contribution >= 4 is 39.0 Å². The van der Waals surface area contributed by atoms with Gasteiger partial charge in [0, 0.05) is 39.3 Å². The average Bonchev–Trinajstić information content (AvgIpc) is 3.76. The highest BCUT2D eigenvalue weighted by Crippen LogP contribution is 2.64. The van der Waals surface area contributed by atoms with Gasteiger partial charge in [-0.3, -0.25) is 0 Å². The van der Waals surface area contributed by atoms with Crippen LogP contribution in [0, 0.1) is 0 Å². The van der Waals surface area contributed by atoms with Crippen LogP contribution in [0.3, 0.4) is 0 Å². The van der Waals surface area contributed by atoms with Gasteiger partial charge < -0.3 is 9.32 Å². The highest BCUT2D eigenvalue weighted by Gasteiger charge is 2.54. The molecule has 1 aromatic heterocycles. The van der Waals surface area contributed by atoms with Crippen LogP contribution >= 0.6 is 0 Å². The van der Waals surface area contributed by atoms with Crippen LogP contribution in [0.1, 0.15) is 73.6 Å². The first-order valence-electron chi connectivity index (χ1n) is 20.5. The van der Waals surface area contributed by atoms with Gasteiger partial charge in [-0.05, 0) is 109 Å². The molecule has 0 amide bonds. The van der Waals surface area contributed by atoms with E-state index >= 15 is 0 Å². The van der Waals surface area contributed by atoms with Gasteiger partial charge in [0.25, 0.3) is 0 Å². The molecule has 0 saturated heterocycles. The first-order chi connectivity index (χ1) is 28.2. The lowest BCUT2D eigenvalue weighted by Gasteiger charge is -2.46. The Morgan fingerprint density at radius 1 is 0.431 bits per heavy atom. The van der Waals surface area contributed by atoms with Gasteiger partial charge in [-0.1, -0.05) is 168 Å². The Hall–Kier alpha value is -6.64. The largest absolute Gasteiger partial charge is 0.456 e. The summed E-state index contributed by atoms with van der Waals surface area (Å²) in [5.41, 5.74) is 18.9. The van der Waals surface area contributed by atoms with Crippen molar-refractivity contribution in [2.45, 2.75) is 50.9 Å². The quantitative estimate of drug-likeness (QED) is 0.178. The van der Waals surface area contributed by atoms with Gasteiger partial charge in [-0.25, -0.2) is 0 Å². The van der Waals surface area contributed by atoms with Crippen molar-refractivity contribution in [3.63, 3.8) is 0 Å². The van der Waals surface area contributed by atoms with Gasteiger partial charge in [0.1, 0.15) is 11.2 Å². The Morgan fingerprint density at radius 3 is 1.69 bits per heavy atom. The molecule has 0 atom stereocenters. The summed E-state index contributed by atoms with van der Waals surface area (Å²) < 4.78 is 6.51. The SMILES string of the molecule is CC(C)(C)c1cccc2c1-c1ccc(N(c3ccc(-c4ccccc4)cc3)c3ccc4c(c3)oc3ccccc34)cc1C21c2ccccc2C(C)(C)c2ccccc21. The molecule has 9 aromatic rings. The summed E-state index contributed by atoms with van der Waals surface area (Å²) in [5.74, 6) is 0. The molecule has 0 saturated carbocycles. The van der Waals surface area contributed by atoms with Gasteiger partial charge in [-0.2, -0.15) is 0 Å². The van der Waals surface area contributed by atoms with E-state index in [1.165, 1.54) is 61.2 Å². The van der Waals surface area contributed by atoms with E-state index in [4.69, 9.17) is 4.42 Å². The third-order valence-corrected chi connectivity index (χ3v) is 13.1. The standard InChI is InChI=1S/C56H45NO/c1-54(2,3)48-23-15-24-49-53(48)43-33-31-39(34-50(43)56(49)46-21-12-10-19-44(46)55(4,5)45-20-11-13-22-47(45)56)57(38-28-26-37(27-29-38)36-16-7-6-8-17-36)40-30-32-42-41-18-9-14-25-51(41)58-52(42)35-40/h6-35H,1-5H3. The second-order valence-electron chi connectivity index (χ2n) is 17.7. The zero-order chi connectivity index (χ0) is 39.4. The Bertz CT molecular complexity index is 3020. The van der Waals surface area contributed by atoms with E-state index in [9.17, 15) is 0 Å². The van der Waals surface area contributed by atoms with E-state index in [1.54, 1.807) is 0 Å². The molecule has 2 aliphatic rings. The molecule has 0 N–H and O–H groups in total. The molecule has 1 spiro atoms. The van der Waals surface area contributed by atoms with Crippen molar-refractivity contribution in [3.8, 4) is 22.3 Å². The van der Waals surface area contributed by atoms with E-state index in [0.29, 0.717) is 0 Å². The smallest absolute Gasteiger partial charge is 0.137 e. The lowest BCUT2D eigenvalue weighted by molar-refractivity contribution is 0.561. The fourth-order valence-corrected chi connectivity index (χ4v) is 10.4. The summed E-state index contributed by atoms with van der Waals surface area (Å²) in [6.45, 7) is 11.8. The van der Waals surface area contributed by atoms with E-state index in [2.05, 4.69) is 215 Å². The Balaban J connectivity index is 1.21. The number of benzene rings is 8. The van der Waals surface area contributed by atoms with Crippen LogP contribution in [-0.2, 0) is 16.2 Å². The van der Waals surface area contributed by atoms with Crippen molar-refractivity contribution in [2.75, 3.05) is 4.90 Å². The van der Waals surface area contributed by atoms with Crippen LogP contribution in [0.5, 0.6) is 0 Å². The van der Waals surface area contributed by atoms with Gasteiger partial charge in [0.2, 0.25) is 0 Å². The maximum absolute atomic E-state index is 6.51. The van der Waals surface area contributed by atoms with E-state index in [1.807, 2.05) is 6.07 Å². The number of furan rings is 1. The Labute approximate surface area is 341 Å². The van der Waals surface area contributed by atoms with Crippen molar-refractivity contribution in [1.82, 2.24) is 0 Å². The van der Waals surface area contributed by atoms with Crippen molar-refractivity contribution in [3.05, 3.63) is 221 Å². The average molecular weight is 748 g/mol. The molecule has 0 bridgehead atoms. The second-order valence-corrected chi connectivity index (χ2v) is 17.7. The number of para-hydroxylation sites is 1. The summed E-state index contributed by atoms with van der Waals surface area (Å²) in [6.07, 6.45) is 0. The Morgan fingerprint density at radius 2 is 0.983 bits per heavy atom. The fraction of sp³-hybridized carbons (Fsp3) is 0.143. The highest BCUT2D eigenvalue weighted by atomic mass is 16.3. The summed E-state index contributed by atoms with van der Waals surface area (Å²) in [7, 11) is 0. The lowest BCUT2D eigenvalue weighted by atomic mass is 9.55. The van der Waals surface area contributed by atoms with Crippen LogP contribution in [-0.4, -0.2) is 0 Å². The molecule has 0 fully saturated rings. The van der Waals surface area contributed by atoms with Crippen LogP contribution in [0.4, 0.5) is 17.1 Å². The maximum Gasteiger partial charge on any atom is 0.137 e. The summed E-state index contributed by atoms with van der Waals surface area (Å²) in [4.78, 5) is 2.41. The number of anilines is 3. The van der Waals surface area contributed by atoms with Crippen LogP contribution < -0.4 is 4.90 Å². The monoisotopic (exact) mass is 747 g/mol. The molecule has 0 unspecified atom stereocenters. The topological polar surface area (TPSA) is 16.4 Å². The van der Waals surface area contributed by atoms with E-state index in [-0.39, 0.29) is 10.8 Å². The minimum Gasteiger partial charge on any atom is -0.456 e. The predicted molar refractivity (Wildman–Crippen MR) is 242 cm³/mol. The second kappa shape index (κ2) is 12.4. The molecular formula is C56H45NO. The van der Waals surface area contributed by atoms with Gasteiger partial charge in [0.05, 0.1) is 5.41 Å². The molecule has 0 aliphatic heterocycles. The molecule has 1 heterocycles. The zero-order valence-electron chi connectivity index (χ0n) is 33.7. The number of rotatable bonds is 4. The molecule has 2 aliphatic carbocycles. The van der Waals surface area contributed by atoms with Gasteiger partial charge in [-0.15, -0.1) is 0 Å². The molecule has 280 valence electrons. The third kappa shape index (κ3) is 4.84. The molecule has 58 heavy (non-hydrogen) atoms. The zero-order valence-corrected chi connectivity index (χ0v) is 33.7. The Kier molecular flexibility index (Phi) is 7.41. The molecule has 11 rings (SSSR count). The molecule has 2 heteroatoms. The number of fused-ring (bicyclic) bond motifs is 12.